The normalized spacial score (nSPS) is 11.4. The van der Waals surface area contributed by atoms with Crippen LogP contribution in [-0.4, -0.2) is 29.9 Å². The summed E-state index contributed by atoms with van der Waals surface area (Å²) in [5.74, 6) is 1.26. The van der Waals surface area contributed by atoms with Crippen molar-refractivity contribution in [3.63, 3.8) is 0 Å². The highest BCUT2D eigenvalue weighted by Gasteiger charge is 2.19. The van der Waals surface area contributed by atoms with E-state index in [0.29, 0.717) is 11.8 Å². The van der Waals surface area contributed by atoms with Crippen LogP contribution in [0.1, 0.15) is 0 Å². The maximum atomic E-state index is 5.98. The SMILES string of the molecule is c1ccc2oc(-c3ccc(-c4c5ccccc5c(-c5cnccn5)c5ccccc45)cc3)nc2c1.c1ccc2oc(-c3ccc(-c4c5ccccc5c(-c5cncnc5)c5ccccc45)cc3)nc2c1. The standard InChI is InChI=1S/2C31H19N3O/c1-3-9-25-23(7-1)29(24-8-2-4-10-26(24)30(25)22-17-32-19-33-18-22)20-13-15-21(16-14-20)31-34-27-11-5-6-12-28(27)35-31;1-3-9-24-22(7-1)29(23-8-2-4-10-25(23)30(24)27-19-32-17-18-33-27)20-13-15-21(16-14-20)31-34-26-11-5-6-12-28(26)35-31/h2*1-19H. The molecule has 0 fully saturated rings. The zero-order valence-electron chi connectivity index (χ0n) is 37.4. The summed E-state index contributed by atoms with van der Waals surface area (Å²) >= 11 is 0. The van der Waals surface area contributed by atoms with E-state index in [9.17, 15) is 0 Å². The van der Waals surface area contributed by atoms with E-state index in [-0.39, 0.29) is 0 Å². The van der Waals surface area contributed by atoms with Crippen molar-refractivity contribution in [3.8, 4) is 67.5 Å². The van der Waals surface area contributed by atoms with Gasteiger partial charge in [-0.05, 0) is 114 Å². The Hall–Kier alpha value is -9.66. The number of nitrogens with zero attached hydrogens (tertiary/aromatic N) is 6. The fraction of sp³-hybridized carbons (Fsp3) is 0. The van der Waals surface area contributed by atoms with Crippen molar-refractivity contribution in [1.82, 2.24) is 29.9 Å². The minimum Gasteiger partial charge on any atom is -0.436 e. The van der Waals surface area contributed by atoms with E-state index < -0.39 is 0 Å². The summed E-state index contributed by atoms with van der Waals surface area (Å²) in [7, 11) is 0. The molecule has 0 radical (unpaired) electrons. The first-order chi connectivity index (χ1) is 34.7. The molecule has 0 atom stereocenters. The smallest absolute Gasteiger partial charge is 0.227 e. The molecule has 0 aliphatic carbocycles. The van der Waals surface area contributed by atoms with E-state index in [1.807, 2.05) is 67.1 Å². The molecule has 10 aromatic carbocycles. The molecule has 4 aromatic heterocycles. The van der Waals surface area contributed by atoms with E-state index in [4.69, 9.17) is 8.83 Å². The van der Waals surface area contributed by atoms with Crippen LogP contribution in [0.2, 0.25) is 0 Å². The van der Waals surface area contributed by atoms with Crippen LogP contribution in [0.4, 0.5) is 0 Å². The van der Waals surface area contributed by atoms with E-state index in [1.165, 1.54) is 43.4 Å². The van der Waals surface area contributed by atoms with Gasteiger partial charge in [-0.15, -0.1) is 0 Å². The Kier molecular flexibility index (Phi) is 9.98. The third-order valence-electron chi connectivity index (χ3n) is 13.0. The maximum absolute atomic E-state index is 5.98. The predicted molar refractivity (Wildman–Crippen MR) is 282 cm³/mol. The van der Waals surface area contributed by atoms with Gasteiger partial charge in [-0.1, -0.05) is 146 Å². The number of oxazole rings is 2. The lowest BCUT2D eigenvalue weighted by atomic mass is 9.86. The molecule has 70 heavy (non-hydrogen) atoms. The van der Waals surface area contributed by atoms with Gasteiger partial charge in [0.2, 0.25) is 11.8 Å². The van der Waals surface area contributed by atoms with Crippen molar-refractivity contribution in [2.45, 2.75) is 0 Å². The van der Waals surface area contributed by atoms with Gasteiger partial charge in [0.15, 0.2) is 11.2 Å². The van der Waals surface area contributed by atoms with Gasteiger partial charge in [0, 0.05) is 52.6 Å². The van der Waals surface area contributed by atoms with Crippen molar-refractivity contribution in [3.05, 3.63) is 231 Å². The summed E-state index contributed by atoms with van der Waals surface area (Å²) in [4.78, 5) is 26.8. The number of hydrogen-bond donors (Lipinski definition) is 0. The maximum Gasteiger partial charge on any atom is 0.227 e. The molecule has 8 heteroatoms. The topological polar surface area (TPSA) is 104 Å². The van der Waals surface area contributed by atoms with Gasteiger partial charge in [0.1, 0.15) is 17.4 Å². The summed E-state index contributed by atoms with van der Waals surface area (Å²) in [6.45, 7) is 0. The highest BCUT2D eigenvalue weighted by atomic mass is 16.4. The van der Waals surface area contributed by atoms with E-state index in [1.54, 1.807) is 18.7 Å². The third-order valence-corrected chi connectivity index (χ3v) is 13.0. The van der Waals surface area contributed by atoms with Crippen LogP contribution in [0, 0.1) is 0 Å². The van der Waals surface area contributed by atoms with Crippen molar-refractivity contribution in [2.75, 3.05) is 0 Å². The van der Waals surface area contributed by atoms with Crippen LogP contribution in [-0.2, 0) is 0 Å². The molecule has 0 saturated carbocycles. The van der Waals surface area contributed by atoms with Crippen LogP contribution >= 0.6 is 0 Å². The Morgan fingerprint density at radius 2 is 0.643 bits per heavy atom. The Labute approximate surface area is 401 Å². The van der Waals surface area contributed by atoms with Gasteiger partial charge in [-0.25, -0.2) is 19.9 Å². The number of rotatable bonds is 6. The molecule has 8 nitrogen and oxygen atoms in total. The summed E-state index contributed by atoms with van der Waals surface area (Å²) in [6, 6.07) is 66.8. The van der Waals surface area contributed by atoms with Gasteiger partial charge in [-0.3, -0.25) is 9.97 Å². The molecule has 0 saturated heterocycles. The highest BCUT2D eigenvalue weighted by Crippen LogP contribution is 2.45. The van der Waals surface area contributed by atoms with Gasteiger partial charge >= 0.3 is 0 Å². The molecule has 328 valence electrons. The number of fused-ring (bicyclic) bond motifs is 6. The van der Waals surface area contributed by atoms with Crippen molar-refractivity contribution >= 4 is 65.3 Å². The van der Waals surface area contributed by atoms with Crippen LogP contribution in [0.3, 0.4) is 0 Å². The highest BCUT2D eigenvalue weighted by molar-refractivity contribution is 6.22. The molecule has 0 N–H and O–H groups in total. The number of benzene rings is 10. The Morgan fingerprint density at radius 1 is 0.286 bits per heavy atom. The van der Waals surface area contributed by atoms with Crippen molar-refractivity contribution < 1.29 is 8.83 Å². The predicted octanol–water partition coefficient (Wildman–Crippen LogP) is 15.9. The second-order valence-electron chi connectivity index (χ2n) is 17.0. The Balaban J connectivity index is 0.000000137. The average Bonchev–Trinajstić information content (AvgIpc) is 4.08. The molecule has 0 unspecified atom stereocenters. The minimum atomic E-state index is 0.630. The second-order valence-corrected chi connectivity index (χ2v) is 17.0. The molecule has 0 amide bonds. The summed E-state index contributed by atoms with van der Waals surface area (Å²) in [6.07, 6.45) is 10.6. The Morgan fingerprint density at radius 3 is 1.03 bits per heavy atom. The molecule has 0 aliphatic rings. The van der Waals surface area contributed by atoms with Crippen molar-refractivity contribution in [1.29, 1.82) is 0 Å². The molecule has 0 spiro atoms. The summed E-state index contributed by atoms with van der Waals surface area (Å²) in [5.41, 5.74) is 14.1. The second kappa shape index (κ2) is 17.2. The number of aromatic nitrogens is 6. The zero-order valence-corrected chi connectivity index (χ0v) is 37.4. The van der Waals surface area contributed by atoms with E-state index >= 15 is 0 Å². The molecule has 4 heterocycles. The fourth-order valence-corrected chi connectivity index (χ4v) is 9.87. The van der Waals surface area contributed by atoms with Crippen LogP contribution in [0.15, 0.2) is 240 Å². The number of hydrogen-bond acceptors (Lipinski definition) is 8. The lowest BCUT2D eigenvalue weighted by Crippen LogP contribution is -1.92. The van der Waals surface area contributed by atoms with Crippen LogP contribution in [0.25, 0.3) is 133 Å². The Bertz CT molecular complexity index is 3770. The average molecular weight is 899 g/mol. The van der Waals surface area contributed by atoms with Gasteiger partial charge in [-0.2, -0.15) is 0 Å². The molecule has 0 bridgehead atoms. The first kappa shape index (κ1) is 40.6. The fourth-order valence-electron chi connectivity index (χ4n) is 9.87. The van der Waals surface area contributed by atoms with Gasteiger partial charge in [0.25, 0.3) is 0 Å². The largest absolute Gasteiger partial charge is 0.436 e. The quantitative estimate of drug-likeness (QED) is 0.152. The van der Waals surface area contributed by atoms with Gasteiger partial charge < -0.3 is 8.83 Å². The first-order valence-electron chi connectivity index (χ1n) is 23.0. The first-order valence-corrected chi connectivity index (χ1v) is 23.0. The van der Waals surface area contributed by atoms with Crippen LogP contribution in [0.5, 0.6) is 0 Å². The lowest BCUT2D eigenvalue weighted by Gasteiger charge is -2.17. The molecular weight excluding hydrogens is 861 g/mol. The third kappa shape index (κ3) is 7.10. The van der Waals surface area contributed by atoms with Crippen molar-refractivity contribution in [2.24, 2.45) is 0 Å². The van der Waals surface area contributed by atoms with Gasteiger partial charge in [0.05, 0.1) is 11.9 Å². The lowest BCUT2D eigenvalue weighted by molar-refractivity contribution is 0.619. The molecule has 14 rings (SSSR count). The molecular formula is C62H38N6O2. The van der Waals surface area contributed by atoms with Crippen LogP contribution < -0.4 is 0 Å². The molecule has 14 aromatic rings. The minimum absolute atomic E-state index is 0.630. The van der Waals surface area contributed by atoms with E-state index in [2.05, 4.69) is 175 Å². The monoisotopic (exact) mass is 898 g/mol. The zero-order chi connectivity index (χ0) is 46.4. The summed E-state index contributed by atoms with van der Waals surface area (Å²) in [5, 5.41) is 9.43. The number of para-hydroxylation sites is 4. The summed E-state index contributed by atoms with van der Waals surface area (Å²) < 4.78 is 12.0. The van der Waals surface area contributed by atoms with E-state index in [0.717, 1.165) is 77.6 Å². The molecule has 0 aliphatic heterocycles.